The van der Waals surface area contributed by atoms with E-state index in [0.29, 0.717) is 11.7 Å². The van der Waals surface area contributed by atoms with E-state index in [1.165, 1.54) is 12.8 Å². The molecular formula is C17H25NO. The standard InChI is InChI=1S/C17H25NO/c1-12-5-4-6-13(11-12)16(19)17(2,3)14-7-9-15(18)10-8-14/h7-10,12-13H,4-6,11,18H2,1-3H3. The normalized spacial score (nSPS) is 24.2. The number of carbonyl (C=O) groups excluding carboxylic acids is 1. The zero-order chi connectivity index (χ0) is 14.0. The first-order valence-corrected chi connectivity index (χ1v) is 7.31. The summed E-state index contributed by atoms with van der Waals surface area (Å²) in [7, 11) is 0. The van der Waals surface area contributed by atoms with Gasteiger partial charge in [-0.05, 0) is 50.3 Å². The number of nitrogen functional groups attached to an aromatic ring is 1. The predicted molar refractivity (Wildman–Crippen MR) is 80.0 cm³/mol. The average molecular weight is 259 g/mol. The van der Waals surface area contributed by atoms with E-state index >= 15 is 0 Å². The van der Waals surface area contributed by atoms with Gasteiger partial charge in [-0.3, -0.25) is 4.79 Å². The van der Waals surface area contributed by atoms with Gasteiger partial charge in [0.2, 0.25) is 0 Å². The van der Waals surface area contributed by atoms with Crippen molar-refractivity contribution in [2.24, 2.45) is 11.8 Å². The molecule has 2 rings (SSSR count). The van der Waals surface area contributed by atoms with Gasteiger partial charge in [0.25, 0.3) is 0 Å². The van der Waals surface area contributed by atoms with E-state index in [2.05, 4.69) is 6.92 Å². The molecule has 104 valence electrons. The van der Waals surface area contributed by atoms with Crippen molar-refractivity contribution in [2.75, 3.05) is 5.73 Å². The van der Waals surface area contributed by atoms with Gasteiger partial charge < -0.3 is 5.73 Å². The lowest BCUT2D eigenvalue weighted by Crippen LogP contribution is -2.36. The van der Waals surface area contributed by atoms with Crippen LogP contribution in [-0.2, 0) is 10.2 Å². The number of carbonyl (C=O) groups is 1. The van der Waals surface area contributed by atoms with E-state index in [9.17, 15) is 4.79 Å². The predicted octanol–water partition coefficient (Wildman–Crippen LogP) is 3.94. The Bertz CT molecular complexity index is 447. The smallest absolute Gasteiger partial charge is 0.145 e. The highest BCUT2D eigenvalue weighted by Crippen LogP contribution is 2.36. The van der Waals surface area contributed by atoms with Crippen LogP contribution >= 0.6 is 0 Å². The Kier molecular flexibility index (Phi) is 3.98. The first-order valence-electron chi connectivity index (χ1n) is 7.31. The van der Waals surface area contributed by atoms with Crippen molar-refractivity contribution in [1.29, 1.82) is 0 Å². The number of rotatable bonds is 3. The van der Waals surface area contributed by atoms with Crippen molar-refractivity contribution in [2.45, 2.75) is 51.9 Å². The third-order valence-corrected chi connectivity index (χ3v) is 4.56. The molecule has 2 atom stereocenters. The molecule has 2 nitrogen and oxygen atoms in total. The molecule has 1 fully saturated rings. The molecule has 0 bridgehead atoms. The van der Waals surface area contributed by atoms with Crippen molar-refractivity contribution >= 4 is 11.5 Å². The Morgan fingerprint density at radius 3 is 2.42 bits per heavy atom. The van der Waals surface area contributed by atoms with Gasteiger partial charge in [-0.1, -0.05) is 31.9 Å². The molecular weight excluding hydrogens is 234 g/mol. The van der Waals surface area contributed by atoms with E-state index in [0.717, 1.165) is 24.1 Å². The van der Waals surface area contributed by atoms with E-state index in [-0.39, 0.29) is 5.92 Å². The topological polar surface area (TPSA) is 43.1 Å². The minimum absolute atomic E-state index is 0.233. The van der Waals surface area contributed by atoms with Gasteiger partial charge in [0.1, 0.15) is 5.78 Å². The highest BCUT2D eigenvalue weighted by atomic mass is 16.1. The van der Waals surface area contributed by atoms with Crippen LogP contribution in [0.4, 0.5) is 5.69 Å². The van der Waals surface area contributed by atoms with E-state index in [4.69, 9.17) is 5.73 Å². The van der Waals surface area contributed by atoms with Gasteiger partial charge in [-0.25, -0.2) is 0 Å². The highest BCUT2D eigenvalue weighted by molar-refractivity contribution is 5.91. The number of Topliss-reactive ketones (excluding diaryl/α,β-unsaturated/α-hetero) is 1. The molecule has 19 heavy (non-hydrogen) atoms. The van der Waals surface area contributed by atoms with Gasteiger partial charge >= 0.3 is 0 Å². The van der Waals surface area contributed by atoms with Gasteiger partial charge in [0.05, 0.1) is 0 Å². The molecule has 1 aliphatic carbocycles. The lowest BCUT2D eigenvalue weighted by molar-refractivity contribution is -0.128. The molecule has 2 N–H and O–H groups in total. The van der Waals surface area contributed by atoms with Crippen molar-refractivity contribution in [3.63, 3.8) is 0 Å². The number of nitrogens with two attached hydrogens (primary N) is 1. The Labute approximate surface area is 116 Å². The first kappa shape index (κ1) is 14.1. The van der Waals surface area contributed by atoms with E-state index in [1.54, 1.807) is 0 Å². The molecule has 1 saturated carbocycles. The maximum absolute atomic E-state index is 12.8. The summed E-state index contributed by atoms with van der Waals surface area (Å²) in [6, 6.07) is 7.74. The minimum Gasteiger partial charge on any atom is -0.399 e. The van der Waals surface area contributed by atoms with Crippen LogP contribution in [0.15, 0.2) is 24.3 Å². The van der Waals surface area contributed by atoms with Crippen molar-refractivity contribution in [3.8, 4) is 0 Å². The minimum atomic E-state index is -0.407. The molecule has 0 amide bonds. The van der Waals surface area contributed by atoms with Gasteiger partial charge in [0, 0.05) is 17.0 Å². The fraction of sp³-hybridized carbons (Fsp3) is 0.588. The Morgan fingerprint density at radius 2 is 1.84 bits per heavy atom. The quantitative estimate of drug-likeness (QED) is 0.835. The maximum Gasteiger partial charge on any atom is 0.145 e. The van der Waals surface area contributed by atoms with Crippen LogP contribution in [0.1, 0.15) is 52.0 Å². The highest BCUT2D eigenvalue weighted by Gasteiger charge is 2.36. The first-order chi connectivity index (χ1) is 8.91. The molecule has 0 radical (unpaired) electrons. The lowest BCUT2D eigenvalue weighted by Gasteiger charge is -2.33. The number of benzene rings is 1. The largest absolute Gasteiger partial charge is 0.399 e. The van der Waals surface area contributed by atoms with Crippen LogP contribution in [0.2, 0.25) is 0 Å². The zero-order valence-electron chi connectivity index (χ0n) is 12.3. The Morgan fingerprint density at radius 1 is 1.21 bits per heavy atom. The third kappa shape index (κ3) is 2.99. The van der Waals surface area contributed by atoms with E-state index in [1.807, 2.05) is 38.1 Å². The summed E-state index contributed by atoms with van der Waals surface area (Å²) in [5.41, 5.74) is 7.14. The molecule has 0 spiro atoms. The zero-order valence-corrected chi connectivity index (χ0v) is 12.3. The molecule has 0 aromatic heterocycles. The summed E-state index contributed by atoms with van der Waals surface area (Å²) in [5.74, 6) is 1.31. The molecule has 0 heterocycles. The van der Waals surface area contributed by atoms with Gasteiger partial charge in [0.15, 0.2) is 0 Å². The van der Waals surface area contributed by atoms with Crippen molar-refractivity contribution in [3.05, 3.63) is 29.8 Å². The number of hydrogen-bond acceptors (Lipinski definition) is 2. The summed E-state index contributed by atoms with van der Waals surface area (Å²) in [4.78, 5) is 12.8. The summed E-state index contributed by atoms with van der Waals surface area (Å²) >= 11 is 0. The number of hydrogen-bond donors (Lipinski definition) is 1. The van der Waals surface area contributed by atoms with Crippen LogP contribution in [0.3, 0.4) is 0 Å². The summed E-state index contributed by atoms with van der Waals surface area (Å²) in [6.07, 6.45) is 4.57. The van der Waals surface area contributed by atoms with Crippen molar-refractivity contribution in [1.82, 2.24) is 0 Å². The Balaban J connectivity index is 2.18. The molecule has 2 heteroatoms. The molecule has 1 aromatic rings. The summed E-state index contributed by atoms with van der Waals surface area (Å²) in [6.45, 7) is 6.34. The number of ketones is 1. The molecule has 1 aromatic carbocycles. The second-order valence-corrected chi connectivity index (χ2v) is 6.58. The summed E-state index contributed by atoms with van der Waals surface area (Å²) in [5, 5.41) is 0. The van der Waals surface area contributed by atoms with Crippen LogP contribution < -0.4 is 5.73 Å². The van der Waals surface area contributed by atoms with E-state index < -0.39 is 5.41 Å². The second-order valence-electron chi connectivity index (χ2n) is 6.58. The van der Waals surface area contributed by atoms with Crippen molar-refractivity contribution < 1.29 is 4.79 Å². The second kappa shape index (κ2) is 5.36. The molecule has 2 unspecified atom stereocenters. The third-order valence-electron chi connectivity index (χ3n) is 4.56. The fourth-order valence-electron chi connectivity index (χ4n) is 3.22. The molecule has 0 aliphatic heterocycles. The van der Waals surface area contributed by atoms with Crippen LogP contribution in [-0.4, -0.2) is 5.78 Å². The summed E-state index contributed by atoms with van der Waals surface area (Å²) < 4.78 is 0. The van der Waals surface area contributed by atoms with Crippen LogP contribution in [0.25, 0.3) is 0 Å². The Hall–Kier alpha value is -1.31. The average Bonchev–Trinajstić information content (AvgIpc) is 2.38. The molecule has 1 aliphatic rings. The fourth-order valence-corrected chi connectivity index (χ4v) is 3.22. The monoisotopic (exact) mass is 259 g/mol. The van der Waals surface area contributed by atoms with Gasteiger partial charge in [-0.2, -0.15) is 0 Å². The lowest BCUT2D eigenvalue weighted by atomic mass is 9.70. The SMILES string of the molecule is CC1CCCC(C(=O)C(C)(C)c2ccc(N)cc2)C1. The maximum atomic E-state index is 12.8. The molecule has 0 saturated heterocycles. The number of anilines is 1. The van der Waals surface area contributed by atoms with Crippen LogP contribution in [0, 0.1) is 11.8 Å². The van der Waals surface area contributed by atoms with Crippen LogP contribution in [0.5, 0.6) is 0 Å². The van der Waals surface area contributed by atoms with Gasteiger partial charge in [-0.15, -0.1) is 0 Å².